The van der Waals surface area contributed by atoms with Crippen LogP contribution in [0.5, 0.6) is 0 Å². The summed E-state index contributed by atoms with van der Waals surface area (Å²) >= 11 is 0. The van der Waals surface area contributed by atoms with Gasteiger partial charge in [-0.3, -0.25) is 0 Å². The van der Waals surface area contributed by atoms with Crippen LogP contribution in [0.15, 0.2) is 42.5 Å². The number of rotatable bonds is 1. The fourth-order valence-electron chi connectivity index (χ4n) is 2.46. The molecule has 0 spiro atoms. The summed E-state index contributed by atoms with van der Waals surface area (Å²) in [6.07, 6.45) is 5.78. The van der Waals surface area contributed by atoms with Crippen molar-refractivity contribution in [1.82, 2.24) is 0 Å². The molecule has 2 aromatic rings. The van der Waals surface area contributed by atoms with Crippen LogP contribution in [0.2, 0.25) is 0 Å². The highest BCUT2D eigenvalue weighted by atomic mass is 19.1. The van der Waals surface area contributed by atoms with Crippen LogP contribution in [-0.4, -0.2) is 0 Å². The highest BCUT2D eigenvalue weighted by molar-refractivity contribution is 5.94. The molecule has 0 amide bonds. The van der Waals surface area contributed by atoms with Crippen molar-refractivity contribution in [3.8, 4) is 0 Å². The molecule has 0 bridgehead atoms. The van der Waals surface area contributed by atoms with E-state index in [-0.39, 0.29) is 5.82 Å². The molecule has 0 aromatic heterocycles. The molecular formula is C15H13F. The minimum Gasteiger partial charge on any atom is -0.206 e. The summed E-state index contributed by atoms with van der Waals surface area (Å²) in [5.41, 5.74) is 2.57. The van der Waals surface area contributed by atoms with Crippen molar-refractivity contribution in [2.75, 3.05) is 0 Å². The van der Waals surface area contributed by atoms with Gasteiger partial charge in [-0.25, -0.2) is 4.39 Å². The molecule has 2 aromatic carbocycles. The highest BCUT2D eigenvalue weighted by Crippen LogP contribution is 2.33. The van der Waals surface area contributed by atoms with Crippen LogP contribution in [-0.2, 0) is 0 Å². The average molecular weight is 212 g/mol. The number of hydrogen-bond acceptors (Lipinski definition) is 0. The zero-order valence-electron chi connectivity index (χ0n) is 9.04. The van der Waals surface area contributed by atoms with Gasteiger partial charge in [0.25, 0.3) is 0 Å². The van der Waals surface area contributed by atoms with Crippen LogP contribution in [0.25, 0.3) is 16.3 Å². The van der Waals surface area contributed by atoms with Gasteiger partial charge in [-0.1, -0.05) is 36.4 Å². The fraction of sp³-hybridized carbons (Fsp3) is 0.200. The van der Waals surface area contributed by atoms with Gasteiger partial charge < -0.3 is 0 Å². The summed E-state index contributed by atoms with van der Waals surface area (Å²) in [7, 11) is 0. The van der Waals surface area contributed by atoms with Crippen LogP contribution in [0.3, 0.4) is 0 Å². The molecule has 0 saturated carbocycles. The van der Waals surface area contributed by atoms with E-state index in [4.69, 9.17) is 0 Å². The molecule has 80 valence electrons. The molecule has 0 heterocycles. The maximum Gasteiger partial charge on any atom is 0.131 e. The van der Waals surface area contributed by atoms with E-state index in [2.05, 4.69) is 6.08 Å². The van der Waals surface area contributed by atoms with Gasteiger partial charge in [-0.05, 0) is 41.9 Å². The molecule has 0 aliphatic heterocycles. The van der Waals surface area contributed by atoms with Gasteiger partial charge in [0.15, 0.2) is 0 Å². The maximum absolute atomic E-state index is 13.6. The number of fused-ring (bicyclic) bond motifs is 1. The Labute approximate surface area is 94.4 Å². The zero-order chi connectivity index (χ0) is 11.0. The van der Waals surface area contributed by atoms with Crippen LogP contribution in [0.1, 0.15) is 24.8 Å². The first kappa shape index (κ1) is 9.59. The smallest absolute Gasteiger partial charge is 0.131 e. The molecule has 0 nitrogen and oxygen atoms in total. The van der Waals surface area contributed by atoms with Crippen LogP contribution >= 0.6 is 0 Å². The lowest BCUT2D eigenvalue weighted by atomic mass is 9.97. The van der Waals surface area contributed by atoms with Crippen LogP contribution < -0.4 is 0 Å². The van der Waals surface area contributed by atoms with E-state index < -0.39 is 0 Å². The average Bonchev–Trinajstić information content (AvgIpc) is 2.83. The molecule has 16 heavy (non-hydrogen) atoms. The van der Waals surface area contributed by atoms with E-state index in [9.17, 15) is 4.39 Å². The first-order chi connectivity index (χ1) is 7.86. The van der Waals surface area contributed by atoms with E-state index in [1.807, 2.05) is 30.3 Å². The monoisotopic (exact) mass is 212 g/mol. The highest BCUT2D eigenvalue weighted by Gasteiger charge is 2.11. The van der Waals surface area contributed by atoms with Gasteiger partial charge >= 0.3 is 0 Å². The Morgan fingerprint density at radius 3 is 2.50 bits per heavy atom. The summed E-state index contributed by atoms with van der Waals surface area (Å²) in [4.78, 5) is 0. The summed E-state index contributed by atoms with van der Waals surface area (Å²) in [5.74, 6) is -0.127. The first-order valence-corrected chi connectivity index (χ1v) is 5.73. The summed E-state index contributed by atoms with van der Waals surface area (Å²) < 4.78 is 13.6. The van der Waals surface area contributed by atoms with Gasteiger partial charge in [0.2, 0.25) is 0 Å². The van der Waals surface area contributed by atoms with Crippen molar-refractivity contribution in [2.24, 2.45) is 0 Å². The quantitative estimate of drug-likeness (QED) is 0.650. The Balaban J connectivity index is 2.29. The Kier molecular flexibility index (Phi) is 2.24. The van der Waals surface area contributed by atoms with Crippen molar-refractivity contribution < 1.29 is 4.39 Å². The molecule has 0 atom stereocenters. The maximum atomic E-state index is 13.6. The zero-order valence-corrected chi connectivity index (χ0v) is 9.04. The Morgan fingerprint density at radius 2 is 1.75 bits per heavy atom. The molecule has 3 rings (SSSR count). The molecule has 0 unspecified atom stereocenters. The van der Waals surface area contributed by atoms with Crippen molar-refractivity contribution in [1.29, 1.82) is 0 Å². The van der Waals surface area contributed by atoms with Crippen molar-refractivity contribution in [3.63, 3.8) is 0 Å². The van der Waals surface area contributed by atoms with Crippen molar-refractivity contribution >= 4 is 16.3 Å². The molecule has 0 saturated heterocycles. The van der Waals surface area contributed by atoms with Crippen LogP contribution in [0.4, 0.5) is 4.39 Å². The van der Waals surface area contributed by atoms with E-state index in [0.29, 0.717) is 0 Å². The molecule has 0 N–H and O–H groups in total. The summed E-state index contributed by atoms with van der Waals surface area (Å²) in [5, 5.41) is 1.77. The minimum absolute atomic E-state index is 0.127. The van der Waals surface area contributed by atoms with Gasteiger partial charge in [-0.2, -0.15) is 0 Å². The lowest BCUT2D eigenvalue weighted by Crippen LogP contribution is -1.87. The van der Waals surface area contributed by atoms with E-state index in [1.165, 1.54) is 17.6 Å². The topological polar surface area (TPSA) is 0 Å². The minimum atomic E-state index is -0.127. The second-order valence-electron chi connectivity index (χ2n) is 4.26. The van der Waals surface area contributed by atoms with Crippen molar-refractivity contribution in [3.05, 3.63) is 53.9 Å². The van der Waals surface area contributed by atoms with E-state index in [1.54, 1.807) is 6.07 Å². The molecule has 1 aliphatic carbocycles. The van der Waals surface area contributed by atoms with E-state index in [0.717, 1.165) is 23.6 Å². The number of hydrogen-bond donors (Lipinski definition) is 0. The van der Waals surface area contributed by atoms with Gasteiger partial charge in [0.05, 0.1) is 0 Å². The Bertz CT molecular complexity index is 567. The lowest BCUT2D eigenvalue weighted by molar-refractivity contribution is 0.640. The van der Waals surface area contributed by atoms with Crippen LogP contribution in [0, 0.1) is 5.82 Å². The molecule has 0 fully saturated rings. The third-order valence-corrected chi connectivity index (χ3v) is 3.26. The van der Waals surface area contributed by atoms with Crippen molar-refractivity contribution in [2.45, 2.75) is 19.3 Å². The SMILES string of the molecule is Fc1ccc(C2=CCCC2)c2ccccc12. The molecule has 1 heteroatoms. The predicted molar refractivity (Wildman–Crippen MR) is 65.7 cm³/mol. The molecule has 0 radical (unpaired) electrons. The third-order valence-electron chi connectivity index (χ3n) is 3.26. The fourth-order valence-corrected chi connectivity index (χ4v) is 2.46. The van der Waals surface area contributed by atoms with Gasteiger partial charge in [0.1, 0.15) is 5.82 Å². The normalized spacial score (nSPS) is 15.4. The first-order valence-electron chi connectivity index (χ1n) is 5.73. The number of halogens is 1. The molecular weight excluding hydrogens is 199 g/mol. The van der Waals surface area contributed by atoms with Gasteiger partial charge in [0, 0.05) is 5.39 Å². The summed E-state index contributed by atoms with van der Waals surface area (Å²) in [6.45, 7) is 0. The third kappa shape index (κ3) is 1.44. The largest absolute Gasteiger partial charge is 0.206 e. The molecule has 1 aliphatic rings. The predicted octanol–water partition coefficient (Wildman–Crippen LogP) is 4.55. The number of benzene rings is 2. The Hall–Kier alpha value is -1.63. The lowest BCUT2D eigenvalue weighted by Gasteiger charge is -2.08. The Morgan fingerprint density at radius 1 is 0.938 bits per heavy atom. The second-order valence-corrected chi connectivity index (χ2v) is 4.26. The standard InChI is InChI=1S/C15H13F/c16-15-10-9-12(11-5-1-2-6-11)13-7-3-4-8-14(13)15/h3-5,7-10H,1-2,6H2. The van der Waals surface area contributed by atoms with E-state index >= 15 is 0 Å². The summed E-state index contributed by atoms with van der Waals surface area (Å²) in [6, 6.07) is 11.2. The van der Waals surface area contributed by atoms with Gasteiger partial charge in [-0.15, -0.1) is 0 Å². The second kappa shape index (κ2) is 3.75. The number of allylic oxidation sites excluding steroid dienone is 2.